The van der Waals surface area contributed by atoms with Crippen LogP contribution in [-0.2, 0) is 9.59 Å². The lowest BCUT2D eigenvalue weighted by Crippen LogP contribution is -2.32. The maximum Gasteiger partial charge on any atom is 0.423 e. The minimum absolute atomic E-state index is 0.136. The number of carbonyl (C=O) groups excluding carboxylic acids is 4. The van der Waals surface area contributed by atoms with Gasteiger partial charge in [0.05, 0.1) is 21.2 Å². The number of benzene rings is 2. The number of hydrazine groups is 2. The Hall–Kier alpha value is -3.18. The average molecular weight is 427 g/mol. The number of amides is 2. The molecule has 0 atom stereocenters. The van der Waals surface area contributed by atoms with Crippen molar-refractivity contribution >= 4 is 47.0 Å². The van der Waals surface area contributed by atoms with Crippen molar-refractivity contribution in [3.05, 3.63) is 57.6 Å². The molecule has 2 aromatic carbocycles. The zero-order valence-electron chi connectivity index (χ0n) is 13.8. The van der Waals surface area contributed by atoms with Crippen molar-refractivity contribution in [3.63, 3.8) is 0 Å². The van der Waals surface area contributed by atoms with Crippen molar-refractivity contribution in [1.82, 2.24) is 10.9 Å². The monoisotopic (exact) mass is 426 g/mol. The Labute approximate surface area is 167 Å². The summed E-state index contributed by atoms with van der Waals surface area (Å²) in [6, 6.07) is 7.98. The highest BCUT2D eigenvalue weighted by Gasteiger charge is 2.27. The molecule has 12 heteroatoms. The third-order valence-electron chi connectivity index (χ3n) is 3.24. The molecule has 0 aromatic heterocycles. The molecular weight excluding hydrogens is 415 g/mol. The van der Waals surface area contributed by atoms with Crippen LogP contribution in [0.25, 0.3) is 0 Å². The van der Waals surface area contributed by atoms with Gasteiger partial charge in [0.1, 0.15) is 0 Å². The summed E-state index contributed by atoms with van der Waals surface area (Å²) >= 11 is 11.8. The van der Waals surface area contributed by atoms with E-state index in [4.69, 9.17) is 44.4 Å². The fourth-order valence-corrected chi connectivity index (χ4v) is 2.43. The van der Waals surface area contributed by atoms with Crippen LogP contribution in [-0.4, -0.2) is 23.8 Å². The minimum Gasteiger partial charge on any atom is -0.416 e. The molecule has 0 aliphatic carbocycles. The van der Waals surface area contributed by atoms with E-state index in [1.165, 1.54) is 36.4 Å². The van der Waals surface area contributed by atoms with Gasteiger partial charge in [-0.05, 0) is 24.3 Å². The van der Waals surface area contributed by atoms with E-state index >= 15 is 0 Å². The summed E-state index contributed by atoms with van der Waals surface area (Å²) < 4.78 is 9.74. The van der Waals surface area contributed by atoms with Crippen LogP contribution < -0.4 is 32.0 Å². The van der Waals surface area contributed by atoms with Gasteiger partial charge in [0.15, 0.2) is 11.5 Å². The third kappa shape index (κ3) is 4.56. The lowest BCUT2D eigenvalue weighted by molar-refractivity contribution is -0.156. The van der Waals surface area contributed by atoms with E-state index in [2.05, 4.69) is 0 Å². The highest BCUT2D eigenvalue weighted by atomic mass is 35.5. The van der Waals surface area contributed by atoms with Crippen LogP contribution in [0.1, 0.15) is 20.7 Å². The van der Waals surface area contributed by atoms with Gasteiger partial charge < -0.3 is 9.47 Å². The lowest BCUT2D eigenvalue weighted by Gasteiger charge is -2.12. The van der Waals surface area contributed by atoms with E-state index in [1.807, 2.05) is 10.9 Å². The molecule has 0 saturated heterocycles. The highest BCUT2D eigenvalue weighted by Crippen LogP contribution is 2.30. The molecule has 2 amide bonds. The normalized spacial score (nSPS) is 10.0. The Morgan fingerprint density at radius 3 is 1.39 bits per heavy atom. The topological polar surface area (TPSA) is 163 Å². The van der Waals surface area contributed by atoms with Crippen LogP contribution in [0.5, 0.6) is 11.5 Å². The standard InChI is InChI=1S/C16H12Cl2N4O6/c17-9-5-1-3-7(13(23)21-19)11(9)27-15(25)16(26)28-12-8(14(24)22-20)4-2-6-10(12)18/h1-6H,19-20H2,(H,21,23)(H,22,24). The number of hydrogen-bond donors (Lipinski definition) is 4. The van der Waals surface area contributed by atoms with E-state index < -0.39 is 35.3 Å². The SMILES string of the molecule is NNC(=O)c1cccc(Cl)c1OC(=O)C(=O)Oc1c(Cl)cccc1C(=O)NN. The Bertz CT molecular complexity index is 889. The van der Waals surface area contributed by atoms with E-state index in [1.54, 1.807) is 0 Å². The first kappa shape index (κ1) is 21.1. The van der Waals surface area contributed by atoms with Crippen molar-refractivity contribution in [1.29, 1.82) is 0 Å². The summed E-state index contributed by atoms with van der Waals surface area (Å²) in [5, 5.41) is -0.272. The van der Waals surface area contributed by atoms with Crippen LogP contribution in [0.4, 0.5) is 0 Å². The zero-order valence-corrected chi connectivity index (χ0v) is 15.3. The number of para-hydroxylation sites is 2. The van der Waals surface area contributed by atoms with Crippen molar-refractivity contribution in [2.45, 2.75) is 0 Å². The second-order valence-corrected chi connectivity index (χ2v) is 5.77. The first-order valence-electron chi connectivity index (χ1n) is 7.33. The summed E-state index contributed by atoms with van der Waals surface area (Å²) in [6.45, 7) is 0. The van der Waals surface area contributed by atoms with Crippen LogP contribution >= 0.6 is 23.2 Å². The van der Waals surface area contributed by atoms with Gasteiger partial charge in [-0.1, -0.05) is 35.3 Å². The molecule has 0 saturated carbocycles. The van der Waals surface area contributed by atoms with Crippen LogP contribution in [0.3, 0.4) is 0 Å². The van der Waals surface area contributed by atoms with Crippen molar-refractivity contribution < 1.29 is 28.7 Å². The lowest BCUT2D eigenvalue weighted by atomic mass is 10.2. The predicted octanol–water partition coefficient (Wildman–Crippen LogP) is 0.711. The number of esters is 2. The van der Waals surface area contributed by atoms with Crippen molar-refractivity contribution in [2.75, 3.05) is 0 Å². The summed E-state index contributed by atoms with van der Waals surface area (Å²) in [5.41, 5.74) is 3.30. The van der Waals surface area contributed by atoms with Gasteiger partial charge in [0.25, 0.3) is 11.8 Å². The Morgan fingerprint density at radius 1 is 0.714 bits per heavy atom. The Balaban J connectivity index is 2.28. The molecule has 0 bridgehead atoms. The maximum atomic E-state index is 12.1. The number of nitrogen functional groups attached to an aromatic ring is 2. The number of hydrogen-bond acceptors (Lipinski definition) is 8. The number of rotatable bonds is 4. The number of carbonyl (C=O) groups is 4. The van der Waals surface area contributed by atoms with E-state index in [9.17, 15) is 19.2 Å². The first-order chi connectivity index (χ1) is 13.3. The van der Waals surface area contributed by atoms with Crippen LogP contribution in [0, 0.1) is 0 Å². The molecule has 0 aliphatic rings. The minimum atomic E-state index is -1.53. The summed E-state index contributed by atoms with van der Waals surface area (Å²) in [6.07, 6.45) is 0. The number of nitrogens with one attached hydrogen (secondary N) is 2. The van der Waals surface area contributed by atoms with Gasteiger partial charge in [-0.3, -0.25) is 20.4 Å². The van der Waals surface area contributed by atoms with Crippen molar-refractivity contribution in [2.24, 2.45) is 11.7 Å². The second kappa shape index (κ2) is 9.15. The number of ether oxygens (including phenoxy) is 2. The van der Waals surface area contributed by atoms with E-state index in [0.717, 1.165) is 0 Å². The van der Waals surface area contributed by atoms with Gasteiger partial charge >= 0.3 is 11.9 Å². The maximum absolute atomic E-state index is 12.1. The largest absolute Gasteiger partial charge is 0.423 e. The smallest absolute Gasteiger partial charge is 0.416 e. The van der Waals surface area contributed by atoms with E-state index in [-0.39, 0.29) is 21.2 Å². The first-order valence-corrected chi connectivity index (χ1v) is 8.08. The molecule has 6 N–H and O–H groups in total. The molecular formula is C16H12Cl2N4O6. The Morgan fingerprint density at radius 2 is 1.07 bits per heavy atom. The predicted molar refractivity (Wildman–Crippen MR) is 97.5 cm³/mol. The number of halogens is 2. The molecule has 10 nitrogen and oxygen atoms in total. The third-order valence-corrected chi connectivity index (χ3v) is 3.84. The molecule has 0 unspecified atom stereocenters. The van der Waals surface area contributed by atoms with Gasteiger partial charge in [-0.25, -0.2) is 21.3 Å². The van der Waals surface area contributed by atoms with Gasteiger partial charge in [-0.15, -0.1) is 0 Å². The summed E-state index contributed by atoms with van der Waals surface area (Å²) in [7, 11) is 0. The van der Waals surface area contributed by atoms with Crippen LogP contribution in [0.15, 0.2) is 36.4 Å². The Kier molecular flexibility index (Phi) is 6.90. The molecule has 0 radical (unpaired) electrons. The molecule has 0 aliphatic heterocycles. The average Bonchev–Trinajstić information content (AvgIpc) is 2.69. The molecule has 2 aromatic rings. The number of nitrogens with two attached hydrogens (primary N) is 2. The zero-order chi connectivity index (χ0) is 20.8. The molecule has 146 valence electrons. The fourth-order valence-electron chi connectivity index (χ4n) is 2.01. The van der Waals surface area contributed by atoms with Gasteiger partial charge in [0.2, 0.25) is 0 Å². The van der Waals surface area contributed by atoms with Crippen molar-refractivity contribution in [3.8, 4) is 11.5 Å². The fraction of sp³-hybridized carbons (Fsp3) is 0. The summed E-state index contributed by atoms with van der Waals surface area (Å²) in [5.74, 6) is 4.60. The molecule has 0 spiro atoms. The summed E-state index contributed by atoms with van der Waals surface area (Å²) in [4.78, 5) is 47.7. The molecule has 28 heavy (non-hydrogen) atoms. The quantitative estimate of drug-likeness (QED) is 0.138. The van der Waals surface area contributed by atoms with Gasteiger partial charge in [0, 0.05) is 0 Å². The van der Waals surface area contributed by atoms with Crippen LogP contribution in [0.2, 0.25) is 10.0 Å². The van der Waals surface area contributed by atoms with E-state index in [0.29, 0.717) is 0 Å². The molecule has 2 rings (SSSR count). The second-order valence-electron chi connectivity index (χ2n) is 4.96. The highest BCUT2D eigenvalue weighted by molar-refractivity contribution is 6.36. The van der Waals surface area contributed by atoms with Gasteiger partial charge in [-0.2, -0.15) is 0 Å². The molecule has 0 heterocycles. The molecule has 0 fully saturated rings.